The Balaban J connectivity index is 1.58. The SMILES string of the molecule is O=S(=O)(c1cccnc1NCCCC1CCCCC1O)N1CCCCC1. The summed E-state index contributed by atoms with van der Waals surface area (Å²) in [6, 6.07) is 3.32. The van der Waals surface area contributed by atoms with Gasteiger partial charge in [-0.05, 0) is 56.6 Å². The van der Waals surface area contributed by atoms with Crippen LogP contribution >= 0.6 is 0 Å². The second-order valence-corrected chi connectivity index (χ2v) is 9.40. The topological polar surface area (TPSA) is 82.5 Å². The Bertz CT molecular complexity index is 674. The van der Waals surface area contributed by atoms with Crippen LogP contribution in [0.4, 0.5) is 5.82 Å². The molecule has 1 saturated carbocycles. The maximum absolute atomic E-state index is 12.9. The predicted octanol–water partition coefficient (Wildman–Crippen LogP) is 3.00. The van der Waals surface area contributed by atoms with Crippen LogP contribution in [0.25, 0.3) is 0 Å². The highest BCUT2D eigenvalue weighted by Gasteiger charge is 2.28. The van der Waals surface area contributed by atoms with Crippen molar-refractivity contribution in [2.75, 3.05) is 25.0 Å². The summed E-state index contributed by atoms with van der Waals surface area (Å²) in [6.07, 6.45) is 10.6. The summed E-state index contributed by atoms with van der Waals surface area (Å²) in [5.74, 6) is 0.827. The van der Waals surface area contributed by atoms with Gasteiger partial charge in [0.2, 0.25) is 10.0 Å². The molecule has 0 spiro atoms. The molecule has 1 aliphatic carbocycles. The highest BCUT2D eigenvalue weighted by atomic mass is 32.2. The molecule has 2 aliphatic rings. The van der Waals surface area contributed by atoms with Gasteiger partial charge < -0.3 is 10.4 Å². The first-order chi connectivity index (χ1) is 12.6. The maximum Gasteiger partial charge on any atom is 0.246 e. The molecule has 3 rings (SSSR count). The standard InChI is InChI=1S/C19H31N3O3S/c23-17-10-3-2-8-16(17)9-6-12-20-19-18(11-7-13-21-19)26(24,25)22-14-4-1-5-15-22/h7,11,13,16-17,23H,1-6,8-10,12,14-15H2,(H,20,21). The van der Waals surface area contributed by atoms with Crippen LogP contribution in [0.5, 0.6) is 0 Å². The van der Waals surface area contributed by atoms with E-state index in [0.29, 0.717) is 31.4 Å². The minimum atomic E-state index is -3.49. The minimum Gasteiger partial charge on any atom is -0.393 e. The fourth-order valence-electron chi connectivity index (χ4n) is 4.07. The summed E-state index contributed by atoms with van der Waals surface area (Å²) in [5, 5.41) is 13.3. The van der Waals surface area contributed by atoms with Crippen LogP contribution in [-0.4, -0.2) is 48.6 Å². The van der Waals surface area contributed by atoms with Crippen molar-refractivity contribution in [1.29, 1.82) is 0 Å². The van der Waals surface area contributed by atoms with E-state index in [4.69, 9.17) is 0 Å². The third-order valence-corrected chi connectivity index (χ3v) is 7.55. The molecule has 2 fully saturated rings. The molecular weight excluding hydrogens is 350 g/mol. The third kappa shape index (κ3) is 4.75. The molecule has 1 saturated heterocycles. The quantitative estimate of drug-likeness (QED) is 0.710. The van der Waals surface area contributed by atoms with E-state index in [2.05, 4.69) is 10.3 Å². The molecule has 146 valence electrons. The van der Waals surface area contributed by atoms with Crippen molar-refractivity contribution in [3.8, 4) is 0 Å². The van der Waals surface area contributed by atoms with Gasteiger partial charge >= 0.3 is 0 Å². The maximum atomic E-state index is 12.9. The van der Waals surface area contributed by atoms with Gasteiger partial charge in [0.05, 0.1) is 6.10 Å². The largest absolute Gasteiger partial charge is 0.393 e. The van der Waals surface area contributed by atoms with Crippen LogP contribution in [0.3, 0.4) is 0 Å². The van der Waals surface area contributed by atoms with E-state index in [-0.39, 0.29) is 11.0 Å². The smallest absolute Gasteiger partial charge is 0.246 e. The van der Waals surface area contributed by atoms with Crippen LogP contribution in [0, 0.1) is 5.92 Å². The van der Waals surface area contributed by atoms with Gasteiger partial charge in [-0.15, -0.1) is 0 Å². The van der Waals surface area contributed by atoms with Crippen LogP contribution < -0.4 is 5.32 Å². The van der Waals surface area contributed by atoms with Crippen molar-refractivity contribution in [3.05, 3.63) is 18.3 Å². The molecule has 2 atom stereocenters. The summed E-state index contributed by atoms with van der Waals surface area (Å²) >= 11 is 0. The van der Waals surface area contributed by atoms with Gasteiger partial charge in [0.25, 0.3) is 0 Å². The van der Waals surface area contributed by atoms with Crippen molar-refractivity contribution in [2.24, 2.45) is 5.92 Å². The zero-order valence-corrected chi connectivity index (χ0v) is 16.3. The molecule has 1 aromatic heterocycles. The number of pyridine rings is 1. The Morgan fingerprint density at radius 3 is 2.69 bits per heavy atom. The van der Waals surface area contributed by atoms with Crippen molar-refractivity contribution >= 4 is 15.8 Å². The molecule has 0 aromatic carbocycles. The molecule has 0 bridgehead atoms. The molecular formula is C19H31N3O3S. The lowest BCUT2D eigenvalue weighted by atomic mass is 9.83. The van der Waals surface area contributed by atoms with Crippen molar-refractivity contribution in [1.82, 2.24) is 9.29 Å². The first-order valence-corrected chi connectivity index (χ1v) is 11.4. The number of aromatic nitrogens is 1. The Kier molecular flexibility index (Phi) is 6.89. The Hall–Kier alpha value is -1.18. The highest BCUT2D eigenvalue weighted by Crippen LogP contribution is 2.28. The number of piperidine rings is 1. The average Bonchev–Trinajstić information content (AvgIpc) is 2.67. The van der Waals surface area contributed by atoms with Gasteiger partial charge in [0, 0.05) is 25.8 Å². The monoisotopic (exact) mass is 381 g/mol. The Morgan fingerprint density at radius 1 is 1.15 bits per heavy atom. The number of rotatable bonds is 7. The number of aliphatic hydroxyl groups is 1. The van der Waals surface area contributed by atoms with Crippen LogP contribution in [0.1, 0.15) is 57.8 Å². The van der Waals surface area contributed by atoms with Gasteiger partial charge in [-0.2, -0.15) is 4.31 Å². The van der Waals surface area contributed by atoms with Gasteiger partial charge in [-0.1, -0.05) is 19.3 Å². The van der Waals surface area contributed by atoms with E-state index in [1.165, 1.54) is 6.42 Å². The molecule has 1 aliphatic heterocycles. The molecule has 0 radical (unpaired) electrons. The molecule has 26 heavy (non-hydrogen) atoms. The summed E-state index contributed by atoms with van der Waals surface area (Å²) in [4.78, 5) is 4.55. The molecule has 0 amide bonds. The molecule has 1 aromatic rings. The third-order valence-electron chi connectivity index (χ3n) is 5.62. The first kappa shape index (κ1) is 19.6. The fourth-order valence-corrected chi connectivity index (χ4v) is 5.71. The summed E-state index contributed by atoms with van der Waals surface area (Å²) < 4.78 is 27.5. The zero-order chi connectivity index (χ0) is 18.4. The fraction of sp³-hybridized carbons (Fsp3) is 0.737. The lowest BCUT2D eigenvalue weighted by Crippen LogP contribution is -2.36. The Labute approximate surface area is 157 Å². The van der Waals surface area contributed by atoms with E-state index in [1.807, 2.05) is 0 Å². The van der Waals surface area contributed by atoms with Crippen LogP contribution in [0.15, 0.2) is 23.2 Å². The number of aliphatic hydroxyl groups excluding tert-OH is 1. The summed E-state index contributed by atoms with van der Waals surface area (Å²) in [7, 11) is -3.49. The number of nitrogens with one attached hydrogen (secondary N) is 1. The van der Waals surface area contributed by atoms with E-state index in [1.54, 1.807) is 22.6 Å². The molecule has 7 heteroatoms. The first-order valence-electron chi connectivity index (χ1n) is 9.96. The van der Waals surface area contributed by atoms with Crippen molar-refractivity contribution in [2.45, 2.75) is 68.8 Å². The summed E-state index contributed by atoms with van der Waals surface area (Å²) in [6.45, 7) is 1.86. The number of anilines is 1. The average molecular weight is 382 g/mol. The van der Waals surface area contributed by atoms with Gasteiger partial charge in [0.15, 0.2) is 0 Å². The number of sulfonamides is 1. The van der Waals surface area contributed by atoms with Crippen molar-refractivity contribution < 1.29 is 13.5 Å². The zero-order valence-electron chi connectivity index (χ0n) is 15.4. The second-order valence-electron chi connectivity index (χ2n) is 7.50. The second kappa shape index (κ2) is 9.15. The predicted molar refractivity (Wildman–Crippen MR) is 103 cm³/mol. The van der Waals surface area contributed by atoms with Crippen molar-refractivity contribution in [3.63, 3.8) is 0 Å². The van der Waals surface area contributed by atoms with Gasteiger partial charge in [-0.25, -0.2) is 13.4 Å². The number of nitrogens with zero attached hydrogens (tertiary/aromatic N) is 2. The van der Waals surface area contributed by atoms with E-state index in [9.17, 15) is 13.5 Å². The number of hydrogen-bond donors (Lipinski definition) is 2. The van der Waals surface area contributed by atoms with Gasteiger partial charge in [-0.3, -0.25) is 0 Å². The van der Waals surface area contributed by atoms with Crippen LogP contribution in [-0.2, 0) is 10.0 Å². The highest BCUT2D eigenvalue weighted by molar-refractivity contribution is 7.89. The molecule has 2 heterocycles. The summed E-state index contributed by atoms with van der Waals surface area (Å²) in [5.41, 5.74) is 0. The lowest BCUT2D eigenvalue weighted by molar-refractivity contribution is 0.0648. The lowest BCUT2D eigenvalue weighted by Gasteiger charge is -2.28. The molecule has 2 N–H and O–H groups in total. The van der Waals surface area contributed by atoms with E-state index >= 15 is 0 Å². The van der Waals surface area contributed by atoms with Gasteiger partial charge in [0.1, 0.15) is 10.7 Å². The number of hydrogen-bond acceptors (Lipinski definition) is 5. The van der Waals surface area contributed by atoms with E-state index in [0.717, 1.165) is 51.4 Å². The minimum absolute atomic E-state index is 0.173. The normalized spacial score (nSPS) is 25.1. The Morgan fingerprint density at radius 2 is 1.92 bits per heavy atom. The molecule has 2 unspecified atom stereocenters. The molecule has 6 nitrogen and oxygen atoms in total. The van der Waals surface area contributed by atoms with Crippen LogP contribution in [0.2, 0.25) is 0 Å². The van der Waals surface area contributed by atoms with E-state index < -0.39 is 10.0 Å².